The van der Waals surface area contributed by atoms with Crippen LogP contribution in [0, 0.1) is 0 Å². The highest BCUT2D eigenvalue weighted by Gasteiger charge is 2.29. The number of hydrogen-bond acceptors (Lipinski definition) is 4. The quantitative estimate of drug-likeness (QED) is 0.730. The van der Waals surface area contributed by atoms with Crippen LogP contribution in [0.2, 0.25) is 0 Å². The van der Waals surface area contributed by atoms with Gasteiger partial charge in [-0.25, -0.2) is 18.1 Å². The van der Waals surface area contributed by atoms with E-state index in [2.05, 4.69) is 14.7 Å². The summed E-state index contributed by atoms with van der Waals surface area (Å²) in [5.74, 6) is 0. The van der Waals surface area contributed by atoms with E-state index in [9.17, 15) is 8.42 Å². The molecule has 0 saturated heterocycles. The Bertz CT molecular complexity index is 752. The van der Waals surface area contributed by atoms with Crippen molar-refractivity contribution < 1.29 is 8.42 Å². The number of halogens is 1. The molecule has 1 saturated carbocycles. The Kier molecular flexibility index (Phi) is 5.67. The van der Waals surface area contributed by atoms with E-state index >= 15 is 0 Å². The molecule has 0 aromatic carbocycles. The fourth-order valence-electron chi connectivity index (χ4n) is 3.08. The molecule has 128 valence electrons. The van der Waals surface area contributed by atoms with Gasteiger partial charge in [-0.3, -0.25) is 0 Å². The van der Waals surface area contributed by atoms with E-state index in [1.54, 1.807) is 18.3 Å². The molecular weight excluding hydrogens is 336 g/mol. The number of nitrogens with two attached hydrogens (primary N) is 1. The number of rotatable bonds is 4. The first-order valence-corrected chi connectivity index (χ1v) is 9.19. The van der Waals surface area contributed by atoms with E-state index in [0.29, 0.717) is 11.0 Å². The van der Waals surface area contributed by atoms with Crippen molar-refractivity contribution in [2.24, 2.45) is 5.73 Å². The van der Waals surface area contributed by atoms with Crippen LogP contribution in [0.3, 0.4) is 0 Å². The highest BCUT2D eigenvalue weighted by Crippen LogP contribution is 2.26. The van der Waals surface area contributed by atoms with Crippen molar-refractivity contribution in [1.82, 2.24) is 14.7 Å². The van der Waals surface area contributed by atoms with Crippen molar-refractivity contribution in [2.75, 3.05) is 6.54 Å². The van der Waals surface area contributed by atoms with E-state index in [0.717, 1.165) is 25.7 Å². The molecule has 0 amide bonds. The van der Waals surface area contributed by atoms with Gasteiger partial charge in [-0.1, -0.05) is 25.7 Å². The number of aromatic nitrogens is 2. The summed E-state index contributed by atoms with van der Waals surface area (Å²) >= 11 is 0. The summed E-state index contributed by atoms with van der Waals surface area (Å²) in [6, 6.07) is 3.47. The van der Waals surface area contributed by atoms with Gasteiger partial charge in [0.05, 0.1) is 0 Å². The predicted octanol–water partition coefficient (Wildman–Crippen LogP) is 2.31. The first-order chi connectivity index (χ1) is 10.5. The van der Waals surface area contributed by atoms with Gasteiger partial charge in [0.1, 0.15) is 10.5 Å². The number of fused-ring (bicyclic) bond motifs is 1. The first kappa shape index (κ1) is 18.2. The number of aromatic amines is 1. The number of pyridine rings is 1. The van der Waals surface area contributed by atoms with Gasteiger partial charge in [0.2, 0.25) is 10.0 Å². The Morgan fingerprint density at radius 3 is 2.65 bits per heavy atom. The van der Waals surface area contributed by atoms with Crippen LogP contribution in [0.5, 0.6) is 0 Å². The summed E-state index contributed by atoms with van der Waals surface area (Å²) in [5.41, 5.74) is 6.52. The van der Waals surface area contributed by atoms with E-state index in [1.165, 1.54) is 19.0 Å². The topological polar surface area (TPSA) is 101 Å². The Hall–Kier alpha value is -1.15. The molecule has 0 radical (unpaired) electrons. The van der Waals surface area contributed by atoms with Crippen molar-refractivity contribution in [1.29, 1.82) is 0 Å². The molecule has 1 fully saturated rings. The molecule has 2 aromatic heterocycles. The normalized spacial score (nSPS) is 18.3. The molecule has 23 heavy (non-hydrogen) atoms. The van der Waals surface area contributed by atoms with Crippen molar-refractivity contribution in [2.45, 2.75) is 49.0 Å². The number of nitrogens with zero attached hydrogens (tertiary/aromatic N) is 1. The molecule has 6 nitrogen and oxygen atoms in total. The van der Waals surface area contributed by atoms with Gasteiger partial charge >= 0.3 is 0 Å². The Balaban J connectivity index is 0.00000192. The first-order valence-electron chi connectivity index (χ1n) is 7.71. The molecule has 8 heteroatoms. The second-order valence-corrected chi connectivity index (χ2v) is 7.89. The van der Waals surface area contributed by atoms with Crippen LogP contribution in [0.4, 0.5) is 0 Å². The molecule has 1 aliphatic carbocycles. The Morgan fingerprint density at radius 1 is 1.26 bits per heavy atom. The molecule has 0 atom stereocenters. The van der Waals surface area contributed by atoms with E-state index in [1.807, 2.05) is 0 Å². The van der Waals surface area contributed by atoms with Gasteiger partial charge < -0.3 is 10.7 Å². The van der Waals surface area contributed by atoms with E-state index in [4.69, 9.17) is 5.73 Å². The fraction of sp³-hybridized carbons (Fsp3) is 0.533. The lowest BCUT2D eigenvalue weighted by molar-refractivity contribution is 0.369. The van der Waals surface area contributed by atoms with E-state index < -0.39 is 15.6 Å². The van der Waals surface area contributed by atoms with Gasteiger partial charge in [0.15, 0.2) is 0 Å². The molecular formula is C15H23ClN4O2S. The zero-order valence-corrected chi connectivity index (χ0v) is 14.5. The number of hydrogen-bond donors (Lipinski definition) is 3. The molecule has 0 bridgehead atoms. The number of nitrogens with one attached hydrogen (secondary N) is 2. The average molecular weight is 359 g/mol. The molecule has 2 aromatic rings. The fourth-order valence-corrected chi connectivity index (χ4v) is 4.38. The summed E-state index contributed by atoms with van der Waals surface area (Å²) < 4.78 is 27.8. The summed E-state index contributed by atoms with van der Waals surface area (Å²) in [5, 5.41) is 0.599. The second kappa shape index (κ2) is 7.17. The molecule has 0 aliphatic heterocycles. The highest BCUT2D eigenvalue weighted by molar-refractivity contribution is 7.89. The summed E-state index contributed by atoms with van der Waals surface area (Å²) in [4.78, 5) is 7.24. The molecule has 4 N–H and O–H groups in total. The minimum atomic E-state index is -3.59. The highest BCUT2D eigenvalue weighted by atomic mass is 35.5. The average Bonchev–Trinajstić information content (AvgIpc) is 2.83. The van der Waals surface area contributed by atoms with Gasteiger partial charge in [-0.2, -0.15) is 0 Å². The van der Waals surface area contributed by atoms with E-state index in [-0.39, 0.29) is 23.8 Å². The van der Waals surface area contributed by atoms with Gasteiger partial charge in [0.25, 0.3) is 0 Å². The van der Waals surface area contributed by atoms with Crippen molar-refractivity contribution in [3.05, 3.63) is 24.5 Å². The van der Waals surface area contributed by atoms with Gasteiger partial charge in [0, 0.05) is 29.9 Å². The Morgan fingerprint density at radius 2 is 1.96 bits per heavy atom. The van der Waals surface area contributed by atoms with Crippen LogP contribution in [0.15, 0.2) is 29.4 Å². The molecule has 0 spiro atoms. The van der Waals surface area contributed by atoms with Crippen LogP contribution >= 0.6 is 12.4 Å². The van der Waals surface area contributed by atoms with Crippen LogP contribution in [-0.4, -0.2) is 30.5 Å². The smallest absolute Gasteiger partial charge is 0.242 e. The van der Waals surface area contributed by atoms with Gasteiger partial charge in [-0.15, -0.1) is 12.4 Å². The third kappa shape index (κ3) is 4.03. The zero-order valence-electron chi connectivity index (χ0n) is 12.9. The number of H-pyrrole nitrogens is 1. The predicted molar refractivity (Wildman–Crippen MR) is 93.2 cm³/mol. The lowest BCUT2D eigenvalue weighted by Crippen LogP contribution is -2.49. The summed E-state index contributed by atoms with van der Waals surface area (Å²) in [6.07, 6.45) is 9.33. The maximum atomic E-state index is 12.6. The summed E-state index contributed by atoms with van der Waals surface area (Å²) in [7, 11) is -3.59. The molecule has 3 rings (SSSR count). The zero-order chi connectivity index (χ0) is 15.6. The lowest BCUT2D eigenvalue weighted by atomic mass is 9.92. The Labute approximate surface area is 142 Å². The third-order valence-electron chi connectivity index (χ3n) is 4.42. The standard InChI is InChI=1S/C15H22N4O2S.ClH/c16-15(7-3-1-2-4-8-15)11-19-22(20,21)13-10-18-14-12(13)6-5-9-17-14;/h5-6,9-10,19H,1-4,7-8,11,16H2,(H,17,18);1H. The van der Waals surface area contributed by atoms with Crippen LogP contribution in [-0.2, 0) is 10.0 Å². The van der Waals surface area contributed by atoms with Crippen LogP contribution < -0.4 is 10.5 Å². The minimum absolute atomic E-state index is 0. The monoisotopic (exact) mass is 358 g/mol. The van der Waals surface area contributed by atoms with Gasteiger partial charge in [-0.05, 0) is 25.0 Å². The minimum Gasteiger partial charge on any atom is -0.345 e. The SMILES string of the molecule is Cl.NC1(CNS(=O)(=O)c2c[nH]c3ncccc23)CCCCCC1. The third-order valence-corrected chi connectivity index (χ3v) is 5.86. The molecule has 1 aliphatic rings. The van der Waals surface area contributed by atoms with Crippen LogP contribution in [0.25, 0.3) is 11.0 Å². The largest absolute Gasteiger partial charge is 0.345 e. The van der Waals surface area contributed by atoms with Crippen molar-refractivity contribution in [3.63, 3.8) is 0 Å². The molecule has 0 unspecified atom stereocenters. The van der Waals surface area contributed by atoms with Crippen molar-refractivity contribution in [3.8, 4) is 0 Å². The lowest BCUT2D eigenvalue weighted by Gasteiger charge is -2.28. The maximum Gasteiger partial charge on any atom is 0.242 e. The maximum absolute atomic E-state index is 12.6. The van der Waals surface area contributed by atoms with Crippen molar-refractivity contribution >= 4 is 33.5 Å². The molecule has 2 heterocycles. The van der Waals surface area contributed by atoms with Crippen LogP contribution in [0.1, 0.15) is 38.5 Å². The second-order valence-electron chi connectivity index (χ2n) is 6.15. The summed E-state index contributed by atoms with van der Waals surface area (Å²) in [6.45, 7) is 0.280. The number of sulfonamides is 1.